The minimum Gasteiger partial charge on any atom is -0.491 e. The third kappa shape index (κ3) is 5.42. The molecule has 0 aliphatic rings. The molecule has 2 rings (SSSR count). The molecule has 1 unspecified atom stereocenters. The summed E-state index contributed by atoms with van der Waals surface area (Å²) >= 11 is 3.33. The monoisotopic (exact) mass is 430 g/mol. The van der Waals surface area contributed by atoms with Gasteiger partial charge in [-0.25, -0.2) is 4.39 Å². The maximum Gasteiger partial charge on any atom is 0.248 e. The van der Waals surface area contributed by atoms with Crippen LogP contribution in [0.4, 0.5) is 10.1 Å². The zero-order chi connectivity index (χ0) is 17.9. The topological polar surface area (TPSA) is 64.3 Å². The van der Waals surface area contributed by atoms with Crippen LogP contribution in [0.1, 0.15) is 26.3 Å². The van der Waals surface area contributed by atoms with Crippen LogP contribution in [-0.2, 0) is 10.3 Å². The average molecular weight is 432 g/mol. The van der Waals surface area contributed by atoms with Gasteiger partial charge in [0.15, 0.2) is 0 Å². The van der Waals surface area contributed by atoms with Gasteiger partial charge in [0.2, 0.25) is 5.91 Å². The molecule has 0 aliphatic heterocycles. The summed E-state index contributed by atoms with van der Waals surface area (Å²) in [5.74, 6) is -0.668. The van der Waals surface area contributed by atoms with Crippen molar-refractivity contribution in [3.05, 3.63) is 58.3 Å². The molecule has 1 atom stereocenters. The molecular weight excluding hydrogens is 411 g/mol. The largest absolute Gasteiger partial charge is 0.491 e. The summed E-state index contributed by atoms with van der Waals surface area (Å²) in [6.07, 6.45) is -0.0606. The second kappa shape index (κ2) is 8.65. The number of carbonyl (C=O) groups excluding carboxylic acids is 1. The molecule has 1 amide bonds. The standard InChI is InChI=1S/C18H20BrFN2O2.ClH/c1-11(2)24-14-8-9-16(15(20)10-14)22-17(23)18(3,21)12-4-6-13(19)7-5-12;/h4-11H,21H2,1-3H3,(H,22,23);1H. The van der Waals surface area contributed by atoms with E-state index in [1.165, 1.54) is 12.1 Å². The molecule has 2 aromatic rings. The third-order valence-electron chi connectivity index (χ3n) is 3.48. The van der Waals surface area contributed by atoms with Crippen molar-refractivity contribution < 1.29 is 13.9 Å². The number of hydrogen-bond donors (Lipinski definition) is 2. The number of halogens is 3. The number of anilines is 1. The number of amides is 1. The molecule has 0 aromatic heterocycles. The molecule has 0 saturated heterocycles. The Kier molecular flexibility index (Phi) is 7.41. The molecule has 0 bridgehead atoms. The fraction of sp³-hybridized carbons (Fsp3) is 0.278. The van der Waals surface area contributed by atoms with Crippen molar-refractivity contribution >= 4 is 39.9 Å². The number of nitrogens with two attached hydrogens (primary N) is 1. The van der Waals surface area contributed by atoms with E-state index in [4.69, 9.17) is 10.5 Å². The number of ether oxygens (including phenoxy) is 1. The van der Waals surface area contributed by atoms with Crippen LogP contribution in [0.5, 0.6) is 5.75 Å². The summed E-state index contributed by atoms with van der Waals surface area (Å²) in [5, 5.41) is 2.54. The zero-order valence-corrected chi connectivity index (χ0v) is 16.6. The van der Waals surface area contributed by atoms with E-state index in [9.17, 15) is 9.18 Å². The van der Waals surface area contributed by atoms with E-state index in [2.05, 4.69) is 21.2 Å². The summed E-state index contributed by atoms with van der Waals surface area (Å²) in [6.45, 7) is 5.29. The minimum absolute atomic E-state index is 0. The lowest BCUT2D eigenvalue weighted by atomic mass is 9.92. The minimum atomic E-state index is -1.29. The fourth-order valence-corrected chi connectivity index (χ4v) is 2.39. The van der Waals surface area contributed by atoms with Crippen molar-refractivity contribution in [1.29, 1.82) is 0 Å². The van der Waals surface area contributed by atoms with Crippen LogP contribution in [0.2, 0.25) is 0 Å². The van der Waals surface area contributed by atoms with Gasteiger partial charge in [0.1, 0.15) is 17.1 Å². The highest BCUT2D eigenvalue weighted by Gasteiger charge is 2.31. The van der Waals surface area contributed by atoms with Crippen molar-refractivity contribution in [3.63, 3.8) is 0 Å². The van der Waals surface area contributed by atoms with E-state index in [0.717, 1.165) is 4.47 Å². The lowest BCUT2D eigenvalue weighted by Gasteiger charge is -2.24. The Morgan fingerprint density at radius 2 is 1.84 bits per heavy atom. The predicted molar refractivity (Wildman–Crippen MR) is 104 cm³/mol. The highest BCUT2D eigenvalue weighted by Crippen LogP contribution is 2.25. The van der Waals surface area contributed by atoms with Gasteiger partial charge in [-0.05, 0) is 50.6 Å². The Labute approximate surface area is 161 Å². The van der Waals surface area contributed by atoms with E-state index in [1.807, 2.05) is 13.8 Å². The SMILES string of the molecule is CC(C)Oc1ccc(NC(=O)C(C)(N)c2ccc(Br)cc2)c(F)c1.Cl. The normalized spacial score (nSPS) is 12.9. The van der Waals surface area contributed by atoms with Crippen molar-refractivity contribution in [2.45, 2.75) is 32.4 Å². The molecule has 0 radical (unpaired) electrons. The van der Waals surface area contributed by atoms with E-state index in [-0.39, 0.29) is 24.2 Å². The number of nitrogens with one attached hydrogen (secondary N) is 1. The maximum absolute atomic E-state index is 14.2. The van der Waals surface area contributed by atoms with Crippen LogP contribution in [0.25, 0.3) is 0 Å². The summed E-state index contributed by atoms with van der Waals surface area (Å²) < 4.78 is 20.5. The first kappa shape index (κ1) is 21.4. The van der Waals surface area contributed by atoms with Crippen molar-refractivity contribution in [2.75, 3.05) is 5.32 Å². The van der Waals surface area contributed by atoms with Gasteiger partial charge in [0.05, 0.1) is 11.8 Å². The van der Waals surface area contributed by atoms with Crippen LogP contribution >= 0.6 is 28.3 Å². The van der Waals surface area contributed by atoms with Crippen LogP contribution in [0.3, 0.4) is 0 Å². The molecule has 2 aromatic carbocycles. The lowest BCUT2D eigenvalue weighted by molar-refractivity contribution is -0.120. The van der Waals surface area contributed by atoms with Gasteiger partial charge >= 0.3 is 0 Å². The number of hydrogen-bond acceptors (Lipinski definition) is 3. The number of carbonyl (C=O) groups is 1. The quantitative estimate of drug-likeness (QED) is 0.726. The highest BCUT2D eigenvalue weighted by atomic mass is 79.9. The van der Waals surface area contributed by atoms with Gasteiger partial charge < -0.3 is 15.8 Å². The molecule has 0 aliphatic carbocycles. The first-order valence-electron chi connectivity index (χ1n) is 7.52. The van der Waals surface area contributed by atoms with Gasteiger partial charge in [0, 0.05) is 10.5 Å². The fourth-order valence-electron chi connectivity index (χ4n) is 2.12. The summed E-state index contributed by atoms with van der Waals surface area (Å²) in [5.41, 5.74) is 5.55. The zero-order valence-electron chi connectivity index (χ0n) is 14.2. The van der Waals surface area contributed by atoms with Crippen LogP contribution < -0.4 is 15.8 Å². The Morgan fingerprint density at radius 1 is 1.24 bits per heavy atom. The molecule has 3 N–H and O–H groups in total. The molecule has 0 saturated carbocycles. The second-order valence-electron chi connectivity index (χ2n) is 5.97. The molecular formula is C18H21BrClFN2O2. The Bertz CT molecular complexity index is 736. The van der Waals surface area contributed by atoms with Crippen LogP contribution in [0.15, 0.2) is 46.9 Å². The second-order valence-corrected chi connectivity index (χ2v) is 6.89. The first-order valence-corrected chi connectivity index (χ1v) is 8.32. The average Bonchev–Trinajstić information content (AvgIpc) is 2.49. The molecule has 0 fully saturated rings. The van der Waals surface area contributed by atoms with Crippen molar-refractivity contribution in [3.8, 4) is 5.75 Å². The molecule has 7 heteroatoms. The van der Waals surface area contributed by atoms with Crippen LogP contribution in [-0.4, -0.2) is 12.0 Å². The molecule has 136 valence electrons. The molecule has 25 heavy (non-hydrogen) atoms. The highest BCUT2D eigenvalue weighted by molar-refractivity contribution is 9.10. The van der Waals surface area contributed by atoms with E-state index in [0.29, 0.717) is 11.3 Å². The first-order chi connectivity index (χ1) is 11.2. The van der Waals surface area contributed by atoms with Crippen molar-refractivity contribution in [1.82, 2.24) is 0 Å². The lowest BCUT2D eigenvalue weighted by Crippen LogP contribution is -2.45. The summed E-state index contributed by atoms with van der Waals surface area (Å²) in [6, 6.07) is 11.4. The van der Waals surface area contributed by atoms with E-state index < -0.39 is 17.3 Å². The van der Waals surface area contributed by atoms with Gasteiger partial charge in [-0.15, -0.1) is 12.4 Å². The smallest absolute Gasteiger partial charge is 0.248 e. The summed E-state index contributed by atoms with van der Waals surface area (Å²) in [4.78, 5) is 12.5. The van der Waals surface area contributed by atoms with Gasteiger partial charge in [-0.2, -0.15) is 0 Å². The van der Waals surface area contributed by atoms with Gasteiger partial charge in [-0.1, -0.05) is 28.1 Å². The van der Waals surface area contributed by atoms with Gasteiger partial charge in [0.25, 0.3) is 0 Å². The van der Waals surface area contributed by atoms with E-state index >= 15 is 0 Å². The number of benzene rings is 2. The Hall–Kier alpha value is -1.63. The molecule has 0 spiro atoms. The summed E-state index contributed by atoms with van der Waals surface area (Å²) in [7, 11) is 0. The third-order valence-corrected chi connectivity index (χ3v) is 4.00. The molecule has 0 heterocycles. The van der Waals surface area contributed by atoms with E-state index in [1.54, 1.807) is 37.3 Å². The predicted octanol–water partition coefficient (Wildman–Crippen LogP) is 4.61. The number of rotatable bonds is 5. The maximum atomic E-state index is 14.2. The Morgan fingerprint density at radius 3 is 2.36 bits per heavy atom. The van der Waals surface area contributed by atoms with Gasteiger partial charge in [-0.3, -0.25) is 4.79 Å². The van der Waals surface area contributed by atoms with Crippen LogP contribution in [0, 0.1) is 5.82 Å². The van der Waals surface area contributed by atoms with Crippen molar-refractivity contribution in [2.24, 2.45) is 5.73 Å². The molecule has 4 nitrogen and oxygen atoms in total. The Balaban J connectivity index is 0.00000312.